The van der Waals surface area contributed by atoms with Gasteiger partial charge in [-0.25, -0.2) is 13.1 Å². The number of carbonyl (C=O) groups is 1. The van der Waals surface area contributed by atoms with Gasteiger partial charge >= 0.3 is 5.97 Å². The zero-order valence-electron chi connectivity index (χ0n) is 11.6. The summed E-state index contributed by atoms with van der Waals surface area (Å²) >= 11 is 0. The first-order valence-corrected chi connectivity index (χ1v) is 7.71. The van der Waals surface area contributed by atoms with E-state index in [0.717, 1.165) is 0 Å². The number of carboxylic acid groups (broad SMARTS) is 1. The minimum Gasteiger partial charge on any atom is -0.497 e. The Hall–Kier alpha value is -2.04. The Balaban J connectivity index is 3.04. The first-order valence-electron chi connectivity index (χ1n) is 6.22. The maximum absolute atomic E-state index is 12.2. The van der Waals surface area contributed by atoms with Gasteiger partial charge < -0.3 is 9.84 Å². The molecule has 2 N–H and O–H groups in total. The standard InChI is InChI=1S/C14H17NO5S/c1-3-4-5-8-15-21(18,19)13-7-6-12(20-2)9-11(13)10-14(16)17/h1,6-7,9,15H,4-5,8,10H2,2H3,(H,16,17). The summed E-state index contributed by atoms with van der Waals surface area (Å²) < 4.78 is 31.8. The number of rotatable bonds is 8. The van der Waals surface area contributed by atoms with Crippen molar-refractivity contribution in [3.05, 3.63) is 23.8 Å². The molecule has 0 aliphatic rings. The lowest BCUT2D eigenvalue weighted by atomic mass is 10.1. The predicted octanol–water partition coefficient (Wildman–Crippen LogP) is 1.01. The normalized spacial score (nSPS) is 10.9. The minimum absolute atomic E-state index is 0.0635. The van der Waals surface area contributed by atoms with Crippen LogP contribution in [0.4, 0.5) is 0 Å². The quantitative estimate of drug-likeness (QED) is 0.552. The average Bonchev–Trinajstić information content (AvgIpc) is 2.42. The second kappa shape index (κ2) is 7.67. The molecular weight excluding hydrogens is 294 g/mol. The van der Waals surface area contributed by atoms with Gasteiger partial charge in [0.15, 0.2) is 0 Å². The molecular formula is C14H17NO5S. The fourth-order valence-electron chi connectivity index (χ4n) is 1.72. The third-order valence-electron chi connectivity index (χ3n) is 2.69. The van der Waals surface area contributed by atoms with Crippen LogP contribution < -0.4 is 9.46 Å². The summed E-state index contributed by atoms with van der Waals surface area (Å²) in [6.45, 7) is 0.199. The molecule has 0 atom stereocenters. The van der Waals surface area contributed by atoms with E-state index in [4.69, 9.17) is 16.3 Å². The summed E-state index contributed by atoms with van der Waals surface area (Å²) in [6.07, 6.45) is 5.67. The maximum atomic E-state index is 12.2. The van der Waals surface area contributed by atoms with Crippen LogP contribution in [0.15, 0.2) is 23.1 Å². The first kappa shape index (κ1) is 17.0. The number of hydrogen-bond acceptors (Lipinski definition) is 4. The third kappa shape index (κ3) is 5.10. The Morgan fingerprint density at radius 1 is 1.48 bits per heavy atom. The van der Waals surface area contributed by atoms with Crippen LogP contribution in [0.3, 0.4) is 0 Å². The van der Waals surface area contributed by atoms with E-state index < -0.39 is 22.4 Å². The minimum atomic E-state index is -3.78. The highest BCUT2D eigenvalue weighted by molar-refractivity contribution is 7.89. The smallest absolute Gasteiger partial charge is 0.307 e. The lowest BCUT2D eigenvalue weighted by Crippen LogP contribution is -2.26. The van der Waals surface area contributed by atoms with Crippen LogP contribution in [0.5, 0.6) is 5.75 Å². The van der Waals surface area contributed by atoms with Crippen molar-refractivity contribution in [2.45, 2.75) is 24.2 Å². The second-order valence-corrected chi connectivity index (χ2v) is 5.98. The van der Waals surface area contributed by atoms with Gasteiger partial charge in [-0.05, 0) is 30.2 Å². The highest BCUT2D eigenvalue weighted by Gasteiger charge is 2.20. The molecule has 1 rings (SSSR count). The van der Waals surface area contributed by atoms with Crippen LogP contribution in [0, 0.1) is 12.3 Å². The van der Waals surface area contributed by atoms with Gasteiger partial charge in [0.05, 0.1) is 18.4 Å². The molecule has 0 aliphatic heterocycles. The number of sulfonamides is 1. The van der Waals surface area contributed by atoms with Crippen molar-refractivity contribution in [3.63, 3.8) is 0 Å². The highest BCUT2D eigenvalue weighted by atomic mass is 32.2. The summed E-state index contributed by atoms with van der Waals surface area (Å²) in [5.74, 6) is 1.70. The maximum Gasteiger partial charge on any atom is 0.307 e. The van der Waals surface area contributed by atoms with Gasteiger partial charge in [0, 0.05) is 13.0 Å². The van der Waals surface area contributed by atoms with E-state index in [-0.39, 0.29) is 17.0 Å². The molecule has 6 nitrogen and oxygen atoms in total. The molecule has 0 heterocycles. The number of carboxylic acids is 1. The van der Waals surface area contributed by atoms with Crippen LogP contribution in [0.25, 0.3) is 0 Å². The van der Waals surface area contributed by atoms with Gasteiger partial charge in [0.2, 0.25) is 10.0 Å². The van der Waals surface area contributed by atoms with Crippen LogP contribution in [0.1, 0.15) is 18.4 Å². The van der Waals surface area contributed by atoms with Gasteiger partial charge in [-0.15, -0.1) is 12.3 Å². The summed E-state index contributed by atoms with van der Waals surface area (Å²) in [7, 11) is -2.36. The van der Waals surface area contributed by atoms with E-state index in [0.29, 0.717) is 18.6 Å². The average molecular weight is 311 g/mol. The number of hydrogen-bond donors (Lipinski definition) is 2. The van der Waals surface area contributed by atoms with E-state index in [9.17, 15) is 13.2 Å². The molecule has 1 aromatic rings. The van der Waals surface area contributed by atoms with Crippen LogP contribution in [-0.4, -0.2) is 33.1 Å². The number of nitrogens with one attached hydrogen (secondary N) is 1. The van der Waals surface area contributed by atoms with E-state index in [1.54, 1.807) is 0 Å². The van der Waals surface area contributed by atoms with Gasteiger partial charge in [-0.3, -0.25) is 4.79 Å². The van der Waals surface area contributed by atoms with Gasteiger partial charge in [0.1, 0.15) is 5.75 Å². The molecule has 0 unspecified atom stereocenters. The molecule has 0 spiro atoms. The number of unbranched alkanes of at least 4 members (excludes halogenated alkanes) is 1. The van der Waals surface area contributed by atoms with E-state index in [2.05, 4.69) is 10.6 Å². The van der Waals surface area contributed by atoms with E-state index >= 15 is 0 Å². The molecule has 114 valence electrons. The highest BCUT2D eigenvalue weighted by Crippen LogP contribution is 2.22. The van der Waals surface area contributed by atoms with Crippen molar-refractivity contribution < 1.29 is 23.1 Å². The molecule has 0 amide bonds. The SMILES string of the molecule is C#CCCCNS(=O)(=O)c1ccc(OC)cc1CC(=O)O. The first-order chi connectivity index (χ1) is 9.90. The molecule has 0 saturated heterocycles. The Labute approximate surface area is 124 Å². The molecule has 0 radical (unpaired) electrons. The zero-order chi connectivity index (χ0) is 15.9. The Morgan fingerprint density at radius 3 is 2.76 bits per heavy atom. The molecule has 0 aromatic heterocycles. The number of aliphatic carboxylic acids is 1. The third-order valence-corrected chi connectivity index (χ3v) is 4.25. The summed E-state index contributed by atoms with van der Waals surface area (Å²) in [6, 6.07) is 4.21. The summed E-state index contributed by atoms with van der Waals surface area (Å²) in [4.78, 5) is 10.8. The van der Waals surface area contributed by atoms with E-state index in [1.807, 2.05) is 0 Å². The molecule has 0 bridgehead atoms. The summed E-state index contributed by atoms with van der Waals surface area (Å²) in [5.41, 5.74) is 0.172. The monoisotopic (exact) mass is 311 g/mol. The fourth-order valence-corrected chi connectivity index (χ4v) is 3.01. The molecule has 7 heteroatoms. The van der Waals surface area contributed by atoms with Crippen LogP contribution in [0.2, 0.25) is 0 Å². The van der Waals surface area contributed by atoms with Crippen LogP contribution in [-0.2, 0) is 21.2 Å². The van der Waals surface area contributed by atoms with Gasteiger partial charge in [-0.1, -0.05) is 0 Å². The Bertz CT molecular complexity index is 646. The van der Waals surface area contributed by atoms with Crippen molar-refractivity contribution in [1.82, 2.24) is 4.72 Å². The molecule has 0 saturated carbocycles. The molecule has 0 aliphatic carbocycles. The predicted molar refractivity (Wildman–Crippen MR) is 77.6 cm³/mol. The van der Waals surface area contributed by atoms with Gasteiger partial charge in [0.25, 0.3) is 0 Å². The van der Waals surface area contributed by atoms with Crippen molar-refractivity contribution in [2.24, 2.45) is 0 Å². The largest absolute Gasteiger partial charge is 0.497 e. The molecule has 0 fully saturated rings. The number of methoxy groups -OCH3 is 1. The number of terminal acetylenes is 1. The van der Waals surface area contributed by atoms with Crippen molar-refractivity contribution >= 4 is 16.0 Å². The number of benzene rings is 1. The van der Waals surface area contributed by atoms with Crippen molar-refractivity contribution in [3.8, 4) is 18.1 Å². The van der Waals surface area contributed by atoms with Gasteiger partial charge in [-0.2, -0.15) is 0 Å². The Morgan fingerprint density at radius 2 is 2.19 bits per heavy atom. The second-order valence-electron chi connectivity index (χ2n) is 4.25. The molecule has 1 aromatic carbocycles. The van der Waals surface area contributed by atoms with Crippen LogP contribution >= 0.6 is 0 Å². The summed E-state index contributed by atoms with van der Waals surface area (Å²) in [5, 5.41) is 8.89. The zero-order valence-corrected chi connectivity index (χ0v) is 12.4. The lowest BCUT2D eigenvalue weighted by molar-refractivity contribution is -0.136. The van der Waals surface area contributed by atoms with Crippen molar-refractivity contribution in [2.75, 3.05) is 13.7 Å². The molecule has 21 heavy (non-hydrogen) atoms. The fraction of sp³-hybridized carbons (Fsp3) is 0.357. The number of ether oxygens (including phenoxy) is 1. The van der Waals surface area contributed by atoms with E-state index in [1.165, 1.54) is 25.3 Å². The lowest BCUT2D eigenvalue weighted by Gasteiger charge is -2.11. The topological polar surface area (TPSA) is 92.7 Å². The van der Waals surface area contributed by atoms with Crippen molar-refractivity contribution in [1.29, 1.82) is 0 Å². The Kier molecular flexibility index (Phi) is 6.21.